The van der Waals surface area contributed by atoms with E-state index in [4.69, 9.17) is 0 Å². The Morgan fingerprint density at radius 2 is 1.64 bits per heavy atom. The Labute approximate surface area is 65.8 Å². The first kappa shape index (κ1) is 8.21. The molecule has 1 aromatic rings. The van der Waals surface area contributed by atoms with Crippen LogP contribution in [-0.4, -0.2) is 0 Å². The second kappa shape index (κ2) is 3.01. The summed E-state index contributed by atoms with van der Waals surface area (Å²) in [6.45, 7) is 0. The minimum atomic E-state index is -0.135. The molecular weight excluding hydrogens is 141 g/mol. The van der Waals surface area contributed by atoms with Gasteiger partial charge in [0.2, 0.25) is 0 Å². The Balaban J connectivity index is 0.000000605. The highest BCUT2D eigenvalue weighted by atomic mass is 19.1. The van der Waals surface area contributed by atoms with E-state index in [9.17, 15) is 4.39 Å². The number of rotatable bonds is 1. The zero-order chi connectivity index (χ0) is 6.97. The smallest absolute Gasteiger partial charge is 0.123 e. The van der Waals surface area contributed by atoms with Crippen molar-refractivity contribution in [1.29, 1.82) is 0 Å². The topological polar surface area (TPSA) is 35.0 Å². The molecule has 3 N–H and O–H groups in total. The van der Waals surface area contributed by atoms with Crippen LogP contribution in [-0.2, 0) is 0 Å². The maximum absolute atomic E-state index is 12.4. The quantitative estimate of drug-likeness (QED) is 0.661. The predicted molar refractivity (Wildman–Crippen MR) is 43.4 cm³/mol. The van der Waals surface area contributed by atoms with E-state index in [-0.39, 0.29) is 12.0 Å². The van der Waals surface area contributed by atoms with Crippen LogP contribution in [0.15, 0.2) is 24.3 Å². The van der Waals surface area contributed by atoms with Crippen molar-refractivity contribution in [2.24, 2.45) is 0 Å². The van der Waals surface area contributed by atoms with Gasteiger partial charge in [-0.15, -0.1) is 0 Å². The summed E-state index contributed by atoms with van der Waals surface area (Å²) in [5.74, 6) is 0.602. The molecule has 0 aliphatic heterocycles. The van der Waals surface area contributed by atoms with E-state index in [0.717, 1.165) is 5.92 Å². The molecule has 1 saturated carbocycles. The number of benzene rings is 1. The highest BCUT2D eigenvalue weighted by molar-refractivity contribution is 5.23. The Bertz CT molecular complexity index is 226. The first-order chi connectivity index (χ1) is 4.86. The molecule has 1 nitrogen and oxygen atoms in total. The highest BCUT2D eigenvalue weighted by Crippen LogP contribution is 2.39. The molecule has 2 rings (SSSR count). The van der Waals surface area contributed by atoms with Crippen molar-refractivity contribution in [2.75, 3.05) is 0 Å². The van der Waals surface area contributed by atoms with E-state index in [0.29, 0.717) is 0 Å². The van der Waals surface area contributed by atoms with Gasteiger partial charge in [0, 0.05) is 0 Å². The van der Waals surface area contributed by atoms with Crippen LogP contribution in [0, 0.1) is 5.82 Å². The normalized spacial score (nSPS) is 15.7. The van der Waals surface area contributed by atoms with Gasteiger partial charge in [-0.2, -0.15) is 0 Å². The summed E-state index contributed by atoms with van der Waals surface area (Å²) in [7, 11) is 0. The first-order valence-electron chi connectivity index (χ1n) is 3.62. The van der Waals surface area contributed by atoms with Crippen molar-refractivity contribution in [3.63, 3.8) is 0 Å². The lowest BCUT2D eigenvalue weighted by atomic mass is 10.1. The summed E-state index contributed by atoms with van der Waals surface area (Å²) in [5, 5.41) is 0. The third kappa shape index (κ3) is 1.77. The monoisotopic (exact) mass is 153 g/mol. The molecule has 0 heterocycles. The lowest BCUT2D eigenvalue weighted by Gasteiger charge is -1.94. The van der Waals surface area contributed by atoms with Crippen LogP contribution in [0.25, 0.3) is 0 Å². The fourth-order valence-electron chi connectivity index (χ4n) is 1.15. The van der Waals surface area contributed by atoms with Gasteiger partial charge in [0.1, 0.15) is 5.82 Å². The van der Waals surface area contributed by atoms with Gasteiger partial charge in [-0.05, 0) is 36.5 Å². The van der Waals surface area contributed by atoms with Crippen molar-refractivity contribution in [1.82, 2.24) is 6.15 Å². The van der Waals surface area contributed by atoms with Crippen molar-refractivity contribution in [2.45, 2.75) is 18.8 Å². The number of hydrogen-bond donors (Lipinski definition) is 1. The van der Waals surface area contributed by atoms with E-state index < -0.39 is 0 Å². The maximum Gasteiger partial charge on any atom is 0.123 e. The largest absolute Gasteiger partial charge is 0.344 e. The average molecular weight is 153 g/mol. The summed E-state index contributed by atoms with van der Waals surface area (Å²) in [6.07, 6.45) is 2.57. The molecule has 2 heteroatoms. The SMILES string of the molecule is Fc1ccc(C2CC2)cc1.N. The Morgan fingerprint density at radius 1 is 1.09 bits per heavy atom. The van der Waals surface area contributed by atoms with Gasteiger partial charge in [0.05, 0.1) is 0 Å². The van der Waals surface area contributed by atoms with Crippen molar-refractivity contribution < 1.29 is 4.39 Å². The Hall–Kier alpha value is -0.890. The number of halogens is 1. The maximum atomic E-state index is 12.4. The summed E-state index contributed by atoms with van der Waals surface area (Å²) in [5.41, 5.74) is 1.29. The number of hydrogen-bond acceptors (Lipinski definition) is 1. The van der Waals surface area contributed by atoms with Gasteiger partial charge in [-0.1, -0.05) is 12.1 Å². The van der Waals surface area contributed by atoms with Crippen LogP contribution in [0.2, 0.25) is 0 Å². The fraction of sp³-hybridized carbons (Fsp3) is 0.333. The minimum absolute atomic E-state index is 0. The van der Waals surface area contributed by atoms with E-state index in [1.165, 1.54) is 30.5 Å². The second-order valence-electron chi connectivity index (χ2n) is 2.83. The fourth-order valence-corrected chi connectivity index (χ4v) is 1.15. The molecular formula is C9H12FN. The Kier molecular flexibility index (Phi) is 2.25. The molecule has 1 aliphatic rings. The van der Waals surface area contributed by atoms with E-state index >= 15 is 0 Å². The Morgan fingerprint density at radius 3 is 2.09 bits per heavy atom. The van der Waals surface area contributed by atoms with Crippen LogP contribution < -0.4 is 6.15 Å². The molecule has 11 heavy (non-hydrogen) atoms. The molecule has 0 atom stereocenters. The molecule has 60 valence electrons. The molecule has 1 aromatic carbocycles. The minimum Gasteiger partial charge on any atom is -0.344 e. The van der Waals surface area contributed by atoms with Gasteiger partial charge < -0.3 is 6.15 Å². The highest BCUT2D eigenvalue weighted by Gasteiger charge is 2.22. The van der Waals surface area contributed by atoms with Gasteiger partial charge in [0.25, 0.3) is 0 Å². The van der Waals surface area contributed by atoms with Crippen LogP contribution >= 0.6 is 0 Å². The molecule has 0 unspecified atom stereocenters. The van der Waals surface area contributed by atoms with Crippen LogP contribution in [0.3, 0.4) is 0 Å². The summed E-state index contributed by atoms with van der Waals surface area (Å²) < 4.78 is 12.4. The summed E-state index contributed by atoms with van der Waals surface area (Å²) >= 11 is 0. The molecule has 0 spiro atoms. The summed E-state index contributed by atoms with van der Waals surface area (Å²) in [4.78, 5) is 0. The van der Waals surface area contributed by atoms with Crippen LogP contribution in [0.5, 0.6) is 0 Å². The van der Waals surface area contributed by atoms with Crippen molar-refractivity contribution >= 4 is 0 Å². The molecule has 0 saturated heterocycles. The van der Waals surface area contributed by atoms with Gasteiger partial charge in [-0.3, -0.25) is 0 Å². The van der Waals surface area contributed by atoms with E-state index in [1.54, 1.807) is 0 Å². The molecule has 0 bridgehead atoms. The molecule has 0 aromatic heterocycles. The lowest BCUT2D eigenvalue weighted by Crippen LogP contribution is -1.78. The van der Waals surface area contributed by atoms with Crippen LogP contribution in [0.4, 0.5) is 4.39 Å². The van der Waals surface area contributed by atoms with E-state index in [1.807, 2.05) is 12.1 Å². The zero-order valence-electron chi connectivity index (χ0n) is 6.39. The third-order valence-corrected chi connectivity index (χ3v) is 1.92. The first-order valence-corrected chi connectivity index (χ1v) is 3.62. The third-order valence-electron chi connectivity index (χ3n) is 1.92. The predicted octanol–water partition coefficient (Wildman–Crippen LogP) is 2.87. The van der Waals surface area contributed by atoms with Crippen molar-refractivity contribution in [3.8, 4) is 0 Å². The zero-order valence-corrected chi connectivity index (χ0v) is 6.39. The molecule has 1 aliphatic carbocycles. The standard InChI is InChI=1S/C9H9F.H3N/c10-9-5-3-8(4-6-9)7-1-2-7;/h3-7H,1-2H2;1H3. The second-order valence-corrected chi connectivity index (χ2v) is 2.83. The average Bonchev–Trinajstić information content (AvgIpc) is 2.71. The van der Waals surface area contributed by atoms with E-state index in [2.05, 4.69) is 0 Å². The van der Waals surface area contributed by atoms with Crippen molar-refractivity contribution in [3.05, 3.63) is 35.6 Å². The molecule has 1 fully saturated rings. The molecule has 0 amide bonds. The van der Waals surface area contributed by atoms with Gasteiger partial charge in [-0.25, -0.2) is 4.39 Å². The lowest BCUT2D eigenvalue weighted by molar-refractivity contribution is 0.627. The summed E-state index contributed by atoms with van der Waals surface area (Å²) in [6, 6.07) is 6.83. The van der Waals surface area contributed by atoms with Crippen LogP contribution in [0.1, 0.15) is 24.3 Å². The van der Waals surface area contributed by atoms with Gasteiger partial charge in [0.15, 0.2) is 0 Å². The van der Waals surface area contributed by atoms with Gasteiger partial charge >= 0.3 is 0 Å². The molecule has 0 radical (unpaired) electrons.